The molecular weight excluding hydrogens is 312 g/mol. The number of carbonyl (C=O) groups excluding carboxylic acids is 3. The van der Waals surface area contributed by atoms with Crippen molar-refractivity contribution in [2.45, 2.75) is 53.2 Å². The smallest absolute Gasteiger partial charge is 0.333 e. The second-order valence-corrected chi connectivity index (χ2v) is 6.44. The molecule has 0 spiro atoms. The molecule has 0 aromatic rings. The van der Waals surface area contributed by atoms with Crippen molar-refractivity contribution >= 4 is 17.8 Å². The average Bonchev–Trinajstić information content (AvgIpc) is 2.79. The minimum Gasteiger partial charge on any atom is -0.468 e. The van der Waals surface area contributed by atoms with Gasteiger partial charge in [0.15, 0.2) is 0 Å². The molecule has 0 aromatic carbocycles. The minimum absolute atomic E-state index is 0.00541. The van der Waals surface area contributed by atoms with Crippen LogP contribution in [0.3, 0.4) is 0 Å². The van der Waals surface area contributed by atoms with Crippen molar-refractivity contribution in [3.05, 3.63) is 11.1 Å². The van der Waals surface area contributed by atoms with Crippen LogP contribution in [-0.2, 0) is 23.9 Å². The van der Waals surface area contributed by atoms with E-state index in [0.717, 1.165) is 0 Å². The van der Waals surface area contributed by atoms with E-state index in [4.69, 9.17) is 9.47 Å². The summed E-state index contributed by atoms with van der Waals surface area (Å²) in [5, 5.41) is 3.28. The molecule has 0 aromatic heterocycles. The van der Waals surface area contributed by atoms with E-state index in [1.165, 1.54) is 12.0 Å². The number of ether oxygens (including phenoxy) is 2. The van der Waals surface area contributed by atoms with Crippen LogP contribution in [0.5, 0.6) is 0 Å². The van der Waals surface area contributed by atoms with Gasteiger partial charge in [-0.25, -0.2) is 4.79 Å². The van der Waals surface area contributed by atoms with E-state index in [0.29, 0.717) is 11.1 Å². The lowest BCUT2D eigenvalue weighted by atomic mass is 9.88. The highest BCUT2D eigenvalue weighted by atomic mass is 16.5. The lowest BCUT2D eigenvalue weighted by Gasteiger charge is -2.26. The molecule has 0 aliphatic carbocycles. The van der Waals surface area contributed by atoms with Crippen LogP contribution in [0.15, 0.2) is 11.1 Å². The summed E-state index contributed by atoms with van der Waals surface area (Å²) in [4.78, 5) is 38.0. The van der Waals surface area contributed by atoms with Crippen molar-refractivity contribution in [2.75, 3.05) is 20.3 Å². The number of hydrogen-bond donors (Lipinski definition) is 1. The zero-order valence-corrected chi connectivity index (χ0v) is 15.6. The van der Waals surface area contributed by atoms with Gasteiger partial charge in [0, 0.05) is 5.57 Å². The van der Waals surface area contributed by atoms with Gasteiger partial charge in [0.05, 0.1) is 19.3 Å². The summed E-state index contributed by atoms with van der Waals surface area (Å²) >= 11 is 0. The van der Waals surface area contributed by atoms with Gasteiger partial charge in [0.25, 0.3) is 0 Å². The lowest BCUT2D eigenvalue weighted by Crippen LogP contribution is -2.49. The highest BCUT2D eigenvalue weighted by molar-refractivity contribution is 5.93. The van der Waals surface area contributed by atoms with Gasteiger partial charge in [-0.2, -0.15) is 0 Å². The van der Waals surface area contributed by atoms with E-state index in [1.54, 1.807) is 27.7 Å². The molecule has 1 aliphatic rings. The summed E-state index contributed by atoms with van der Waals surface area (Å²) in [6.07, 6.45) is -0.562. The summed E-state index contributed by atoms with van der Waals surface area (Å²) in [5.74, 6) is -1.13. The van der Waals surface area contributed by atoms with Crippen molar-refractivity contribution in [2.24, 2.45) is 5.92 Å². The Bertz CT molecular complexity index is 555. The predicted octanol–water partition coefficient (Wildman–Crippen LogP) is 1.23. The largest absolute Gasteiger partial charge is 0.468 e. The molecular formula is C17H28N2O5. The van der Waals surface area contributed by atoms with Crippen LogP contribution in [0.2, 0.25) is 0 Å². The van der Waals surface area contributed by atoms with Gasteiger partial charge in [-0.1, -0.05) is 13.8 Å². The zero-order valence-electron chi connectivity index (χ0n) is 15.6. The average molecular weight is 340 g/mol. The topological polar surface area (TPSA) is 84.9 Å². The number of nitrogens with one attached hydrogen (secondary N) is 1. The Balaban J connectivity index is 3.25. The second kappa shape index (κ2) is 7.79. The molecule has 7 heteroatoms. The van der Waals surface area contributed by atoms with Crippen LogP contribution in [-0.4, -0.2) is 54.7 Å². The van der Waals surface area contributed by atoms with Crippen molar-refractivity contribution in [1.29, 1.82) is 0 Å². The molecule has 0 saturated carbocycles. The summed E-state index contributed by atoms with van der Waals surface area (Å²) < 4.78 is 9.72. The minimum atomic E-state index is -0.825. The Labute approximate surface area is 143 Å². The van der Waals surface area contributed by atoms with Gasteiger partial charge in [-0.15, -0.1) is 0 Å². The third kappa shape index (κ3) is 3.77. The molecule has 2 unspecified atom stereocenters. The molecule has 1 aliphatic heterocycles. The number of nitrogens with zero attached hydrogens (tertiary/aromatic N) is 1. The maximum atomic E-state index is 12.9. The molecule has 7 nitrogen and oxygen atoms in total. The van der Waals surface area contributed by atoms with Gasteiger partial charge in [0.1, 0.15) is 12.7 Å². The van der Waals surface area contributed by atoms with Crippen molar-refractivity contribution in [1.82, 2.24) is 10.2 Å². The third-order valence-electron chi connectivity index (χ3n) is 4.72. The summed E-state index contributed by atoms with van der Waals surface area (Å²) in [7, 11) is 1.28. The van der Waals surface area contributed by atoms with E-state index in [-0.39, 0.29) is 25.0 Å². The molecule has 1 N–H and O–H groups in total. The summed E-state index contributed by atoms with van der Waals surface area (Å²) in [5.41, 5.74) is 0.245. The molecule has 0 bridgehead atoms. The standard InChI is InChI=1S/C17H28N2O5/c1-8-24-15(21)12(5)11(4)14-18-17(6,10(2)3)16(22)19(14)9-13(20)23-7/h10,14,18H,8-9H2,1-7H3/b12-11-. The molecule has 2 atom stereocenters. The van der Waals surface area contributed by atoms with Crippen LogP contribution in [0.1, 0.15) is 41.5 Å². The summed E-state index contributed by atoms with van der Waals surface area (Å²) in [6.45, 7) is 10.9. The van der Waals surface area contributed by atoms with Crippen LogP contribution in [0, 0.1) is 5.92 Å². The van der Waals surface area contributed by atoms with E-state index in [2.05, 4.69) is 5.32 Å². The van der Waals surface area contributed by atoms with E-state index < -0.39 is 23.6 Å². The number of esters is 2. The van der Waals surface area contributed by atoms with Gasteiger partial charge in [-0.05, 0) is 39.2 Å². The first-order chi connectivity index (χ1) is 11.1. The molecule has 0 radical (unpaired) electrons. The lowest BCUT2D eigenvalue weighted by molar-refractivity contribution is -0.147. The van der Waals surface area contributed by atoms with Crippen molar-refractivity contribution in [3.8, 4) is 0 Å². The van der Waals surface area contributed by atoms with Crippen molar-refractivity contribution < 1.29 is 23.9 Å². The Morgan fingerprint density at radius 1 is 1.33 bits per heavy atom. The second-order valence-electron chi connectivity index (χ2n) is 6.44. The van der Waals surface area contributed by atoms with Gasteiger partial charge in [0.2, 0.25) is 5.91 Å². The van der Waals surface area contributed by atoms with Crippen LogP contribution >= 0.6 is 0 Å². The first kappa shape index (κ1) is 20.2. The fourth-order valence-corrected chi connectivity index (χ4v) is 2.57. The van der Waals surface area contributed by atoms with E-state index in [9.17, 15) is 14.4 Å². The highest BCUT2D eigenvalue weighted by Crippen LogP contribution is 2.31. The highest BCUT2D eigenvalue weighted by Gasteiger charge is 2.51. The fourth-order valence-electron chi connectivity index (χ4n) is 2.57. The molecule has 24 heavy (non-hydrogen) atoms. The SMILES string of the molecule is CCOC(=O)/C(C)=C(/C)C1NC(C)(C(C)C)C(=O)N1CC(=O)OC. The molecule has 1 amide bonds. The zero-order chi connectivity index (χ0) is 18.7. The normalized spacial score (nSPS) is 24.9. The quantitative estimate of drug-likeness (QED) is 0.578. The maximum Gasteiger partial charge on any atom is 0.333 e. The number of rotatable bonds is 6. The molecule has 1 saturated heterocycles. The number of carbonyl (C=O) groups is 3. The van der Waals surface area contributed by atoms with Gasteiger partial charge >= 0.3 is 11.9 Å². The Morgan fingerprint density at radius 3 is 2.38 bits per heavy atom. The molecule has 1 fully saturated rings. The van der Waals surface area contributed by atoms with Crippen molar-refractivity contribution in [3.63, 3.8) is 0 Å². The first-order valence-corrected chi connectivity index (χ1v) is 8.10. The Morgan fingerprint density at radius 2 is 1.92 bits per heavy atom. The monoisotopic (exact) mass is 340 g/mol. The maximum absolute atomic E-state index is 12.9. The van der Waals surface area contributed by atoms with Crippen LogP contribution < -0.4 is 5.32 Å². The summed E-state index contributed by atoms with van der Waals surface area (Å²) in [6, 6.07) is 0. The molecule has 1 heterocycles. The van der Waals surface area contributed by atoms with Gasteiger partial charge < -0.3 is 14.4 Å². The van der Waals surface area contributed by atoms with E-state index in [1.807, 2.05) is 13.8 Å². The molecule has 1 rings (SSSR count). The van der Waals surface area contributed by atoms with Crippen LogP contribution in [0.4, 0.5) is 0 Å². The Kier molecular flexibility index (Phi) is 6.54. The third-order valence-corrected chi connectivity index (χ3v) is 4.72. The predicted molar refractivity (Wildman–Crippen MR) is 88.9 cm³/mol. The van der Waals surface area contributed by atoms with Gasteiger partial charge in [-0.3, -0.25) is 14.9 Å². The number of hydrogen-bond acceptors (Lipinski definition) is 6. The van der Waals surface area contributed by atoms with Crippen LogP contribution in [0.25, 0.3) is 0 Å². The first-order valence-electron chi connectivity index (χ1n) is 8.10. The molecule has 136 valence electrons. The Hall–Kier alpha value is -1.89. The fraction of sp³-hybridized carbons (Fsp3) is 0.706. The number of methoxy groups -OCH3 is 1. The number of amides is 1. The van der Waals surface area contributed by atoms with E-state index >= 15 is 0 Å².